The minimum absolute atomic E-state index is 0.0848. The van der Waals surface area contributed by atoms with Gasteiger partial charge in [0.1, 0.15) is 11.6 Å². The molecule has 1 rings (SSSR count). The molecular weight excluding hydrogens is 215 g/mol. The summed E-state index contributed by atoms with van der Waals surface area (Å²) in [6, 6.07) is 4.05. The Balaban J connectivity index is 3.50. The number of nitriles is 1. The maximum atomic E-state index is 10.4. The molecule has 0 spiro atoms. The lowest BCUT2D eigenvalue weighted by Gasteiger charge is -1.98. The van der Waals surface area contributed by atoms with Crippen molar-refractivity contribution in [1.29, 1.82) is 5.26 Å². The molecule has 0 aliphatic rings. The first-order valence-electron chi connectivity index (χ1n) is 3.10. The molecule has 0 radical (unpaired) electrons. The van der Waals surface area contributed by atoms with E-state index in [0.717, 1.165) is 6.07 Å². The third-order valence-electron chi connectivity index (χ3n) is 1.38. The Morgan fingerprint density at radius 1 is 1.46 bits per heavy atom. The quantitative estimate of drug-likeness (QED) is 0.536. The molecule has 0 fully saturated rings. The first-order valence-corrected chi connectivity index (χ1v) is 3.86. The number of rotatable bonds is 1. The summed E-state index contributed by atoms with van der Waals surface area (Å²) in [5, 5.41) is 19.0. The van der Waals surface area contributed by atoms with Gasteiger partial charge < -0.3 is 0 Å². The summed E-state index contributed by atoms with van der Waals surface area (Å²) in [4.78, 5) is 9.72. The molecule has 0 saturated heterocycles. The Bertz CT molecular complexity index is 412. The maximum absolute atomic E-state index is 10.4. The molecule has 0 heterocycles. The van der Waals surface area contributed by atoms with E-state index >= 15 is 0 Å². The molecule has 0 unspecified atom stereocenters. The fourth-order valence-corrected chi connectivity index (χ4v) is 1.16. The second kappa shape index (κ2) is 3.60. The van der Waals surface area contributed by atoms with Gasteiger partial charge in [0.05, 0.1) is 15.0 Å². The van der Waals surface area contributed by atoms with Gasteiger partial charge >= 0.3 is 0 Å². The Morgan fingerprint density at radius 3 is 2.54 bits per heavy atom. The Hall–Kier alpha value is -1.31. The van der Waals surface area contributed by atoms with Crippen molar-refractivity contribution >= 4 is 28.9 Å². The highest BCUT2D eigenvalue weighted by molar-refractivity contribution is 6.42. The minimum Gasteiger partial charge on any atom is -0.258 e. The van der Waals surface area contributed by atoms with E-state index in [9.17, 15) is 10.1 Å². The molecule has 0 N–H and O–H groups in total. The highest BCUT2D eigenvalue weighted by atomic mass is 35.5. The second-order valence-corrected chi connectivity index (χ2v) is 2.91. The molecule has 6 heteroatoms. The molecule has 13 heavy (non-hydrogen) atoms. The van der Waals surface area contributed by atoms with E-state index in [1.54, 1.807) is 6.07 Å². The average Bonchev–Trinajstić information content (AvgIpc) is 2.09. The van der Waals surface area contributed by atoms with E-state index in [1.807, 2.05) is 0 Å². The van der Waals surface area contributed by atoms with Crippen LogP contribution in [0.4, 0.5) is 5.69 Å². The van der Waals surface area contributed by atoms with Crippen molar-refractivity contribution in [1.82, 2.24) is 0 Å². The fraction of sp³-hybridized carbons (Fsp3) is 0. The van der Waals surface area contributed by atoms with Crippen LogP contribution in [0.1, 0.15) is 5.56 Å². The van der Waals surface area contributed by atoms with Gasteiger partial charge in [0.25, 0.3) is 5.69 Å². The van der Waals surface area contributed by atoms with Gasteiger partial charge in [0, 0.05) is 6.07 Å². The largest absolute Gasteiger partial charge is 0.288 e. The highest BCUT2D eigenvalue weighted by Crippen LogP contribution is 2.31. The van der Waals surface area contributed by atoms with Crippen LogP contribution in [0.2, 0.25) is 10.0 Å². The number of nitrogens with zero attached hydrogens (tertiary/aromatic N) is 2. The van der Waals surface area contributed by atoms with Gasteiger partial charge in [-0.15, -0.1) is 0 Å². The summed E-state index contributed by atoms with van der Waals surface area (Å²) in [6.45, 7) is 0. The molecule has 0 bridgehead atoms. The van der Waals surface area contributed by atoms with Gasteiger partial charge in [0.2, 0.25) is 0 Å². The molecule has 0 amide bonds. The topological polar surface area (TPSA) is 66.9 Å². The summed E-state index contributed by atoms with van der Waals surface area (Å²) in [5.41, 5.74) is -0.545. The normalized spacial score (nSPS) is 9.31. The number of halogens is 2. The highest BCUT2D eigenvalue weighted by Gasteiger charge is 2.18. The molecule has 1 aromatic carbocycles. The molecule has 1 aromatic rings. The van der Waals surface area contributed by atoms with E-state index in [1.165, 1.54) is 6.07 Å². The third-order valence-corrected chi connectivity index (χ3v) is 2.19. The monoisotopic (exact) mass is 216 g/mol. The lowest BCUT2D eigenvalue weighted by atomic mass is 10.2. The van der Waals surface area contributed by atoms with Gasteiger partial charge in [-0.25, -0.2) is 0 Å². The second-order valence-electron chi connectivity index (χ2n) is 2.12. The lowest BCUT2D eigenvalue weighted by molar-refractivity contribution is -0.385. The van der Waals surface area contributed by atoms with Crippen molar-refractivity contribution in [3.8, 4) is 6.07 Å². The molecule has 4 nitrogen and oxygen atoms in total. The Kier molecular flexibility index (Phi) is 2.71. The Labute approximate surface area is 83.4 Å². The van der Waals surface area contributed by atoms with E-state index in [0.29, 0.717) is 0 Å². The van der Waals surface area contributed by atoms with Crippen LogP contribution >= 0.6 is 23.2 Å². The summed E-state index contributed by atoms with van der Waals surface area (Å²) in [7, 11) is 0. The van der Waals surface area contributed by atoms with E-state index in [4.69, 9.17) is 28.5 Å². The molecule has 0 saturated carbocycles. The van der Waals surface area contributed by atoms with Crippen molar-refractivity contribution in [2.24, 2.45) is 0 Å². The van der Waals surface area contributed by atoms with Crippen LogP contribution in [-0.4, -0.2) is 4.92 Å². The van der Waals surface area contributed by atoms with Gasteiger partial charge in [-0.3, -0.25) is 10.1 Å². The average molecular weight is 217 g/mol. The first kappa shape index (κ1) is 9.78. The summed E-state index contributed by atoms with van der Waals surface area (Å²) in [6.07, 6.45) is 0. The van der Waals surface area contributed by atoms with Crippen LogP contribution in [0.25, 0.3) is 0 Å². The summed E-state index contributed by atoms with van der Waals surface area (Å²) in [5.74, 6) is 0. The van der Waals surface area contributed by atoms with Crippen LogP contribution < -0.4 is 0 Å². The molecular formula is C7H2Cl2N2O2. The molecule has 66 valence electrons. The molecule has 0 aromatic heterocycles. The summed E-state index contributed by atoms with van der Waals surface area (Å²) >= 11 is 11.1. The molecule has 0 atom stereocenters. The first-order chi connectivity index (χ1) is 6.07. The predicted octanol–water partition coefficient (Wildman–Crippen LogP) is 2.77. The van der Waals surface area contributed by atoms with Gasteiger partial charge in [-0.05, 0) is 6.07 Å². The number of nitro groups is 1. The van der Waals surface area contributed by atoms with Crippen LogP contribution in [-0.2, 0) is 0 Å². The van der Waals surface area contributed by atoms with Crippen LogP contribution in [0.5, 0.6) is 0 Å². The smallest absolute Gasteiger partial charge is 0.258 e. The maximum Gasteiger partial charge on any atom is 0.288 e. The van der Waals surface area contributed by atoms with Crippen molar-refractivity contribution < 1.29 is 4.92 Å². The number of hydrogen-bond acceptors (Lipinski definition) is 3. The predicted molar refractivity (Wildman–Crippen MR) is 47.8 cm³/mol. The zero-order valence-electron chi connectivity index (χ0n) is 6.12. The van der Waals surface area contributed by atoms with E-state index in [-0.39, 0.29) is 21.3 Å². The van der Waals surface area contributed by atoms with Crippen LogP contribution in [0.15, 0.2) is 12.1 Å². The van der Waals surface area contributed by atoms with Crippen molar-refractivity contribution in [3.63, 3.8) is 0 Å². The van der Waals surface area contributed by atoms with Crippen molar-refractivity contribution in [3.05, 3.63) is 37.9 Å². The minimum atomic E-state index is -0.680. The van der Waals surface area contributed by atoms with E-state index < -0.39 is 4.92 Å². The molecule has 0 aliphatic heterocycles. The zero-order chi connectivity index (χ0) is 10.0. The third kappa shape index (κ3) is 1.72. The van der Waals surface area contributed by atoms with Crippen LogP contribution in [0, 0.1) is 21.4 Å². The zero-order valence-corrected chi connectivity index (χ0v) is 7.63. The van der Waals surface area contributed by atoms with E-state index in [2.05, 4.69) is 0 Å². The number of hydrogen-bond donors (Lipinski definition) is 0. The summed E-state index contributed by atoms with van der Waals surface area (Å²) < 4.78 is 0. The van der Waals surface area contributed by atoms with Crippen molar-refractivity contribution in [2.75, 3.05) is 0 Å². The van der Waals surface area contributed by atoms with Gasteiger partial charge in [-0.1, -0.05) is 23.2 Å². The standard InChI is InChI=1S/C7H2Cl2N2O2/c8-5-1-2-6(11(12)13)4(3-10)7(5)9/h1-2H. The van der Waals surface area contributed by atoms with Crippen molar-refractivity contribution in [2.45, 2.75) is 0 Å². The van der Waals surface area contributed by atoms with Gasteiger partial charge in [-0.2, -0.15) is 5.26 Å². The lowest BCUT2D eigenvalue weighted by Crippen LogP contribution is -1.92. The Morgan fingerprint density at radius 2 is 2.08 bits per heavy atom. The number of benzene rings is 1. The van der Waals surface area contributed by atoms with Gasteiger partial charge in [0.15, 0.2) is 0 Å². The fourth-order valence-electron chi connectivity index (χ4n) is 0.799. The van der Waals surface area contributed by atoms with Crippen LogP contribution in [0.3, 0.4) is 0 Å². The number of nitro benzene ring substituents is 1. The molecule has 0 aliphatic carbocycles. The SMILES string of the molecule is N#Cc1c([N+](=O)[O-])ccc(Cl)c1Cl.